The van der Waals surface area contributed by atoms with Crippen molar-refractivity contribution in [2.75, 3.05) is 0 Å². The van der Waals surface area contributed by atoms with E-state index in [9.17, 15) is 0 Å². The van der Waals surface area contributed by atoms with Crippen molar-refractivity contribution in [3.63, 3.8) is 0 Å². The second-order valence-corrected chi connectivity index (χ2v) is 16.0. The van der Waals surface area contributed by atoms with E-state index in [0.29, 0.717) is 17.5 Å². The molecule has 0 aliphatic rings. The summed E-state index contributed by atoms with van der Waals surface area (Å²) in [5.41, 5.74) is 9.76. The minimum atomic E-state index is 0.634. The number of benzene rings is 10. The summed E-state index contributed by atoms with van der Waals surface area (Å²) >= 11 is 0. The molecule has 62 heavy (non-hydrogen) atoms. The maximum absolute atomic E-state index is 5.15. The van der Waals surface area contributed by atoms with Gasteiger partial charge in [0.2, 0.25) is 0 Å². The van der Waals surface area contributed by atoms with Crippen LogP contribution < -0.4 is 0 Å². The van der Waals surface area contributed by atoms with Crippen molar-refractivity contribution in [2.45, 2.75) is 0 Å². The van der Waals surface area contributed by atoms with E-state index < -0.39 is 0 Å². The summed E-state index contributed by atoms with van der Waals surface area (Å²) in [5, 5.41) is 11.9. The summed E-state index contributed by atoms with van der Waals surface area (Å²) in [6.07, 6.45) is 0. The lowest BCUT2D eigenvalue weighted by Gasteiger charge is -2.17. The van der Waals surface area contributed by atoms with Crippen LogP contribution in [0, 0.1) is 0 Å². The van der Waals surface area contributed by atoms with E-state index in [1.165, 1.54) is 59.8 Å². The van der Waals surface area contributed by atoms with Gasteiger partial charge in [-0.1, -0.05) is 176 Å². The predicted molar refractivity (Wildman–Crippen MR) is 257 cm³/mol. The maximum Gasteiger partial charge on any atom is 0.164 e. The van der Waals surface area contributed by atoms with Crippen molar-refractivity contribution in [1.82, 2.24) is 24.1 Å². The molecule has 0 fully saturated rings. The van der Waals surface area contributed by atoms with Crippen LogP contribution in [0.4, 0.5) is 0 Å². The average molecular weight is 790 g/mol. The van der Waals surface area contributed by atoms with E-state index in [0.717, 1.165) is 44.2 Å². The Morgan fingerprint density at radius 3 is 1.53 bits per heavy atom. The SMILES string of the molecule is c1ccc(-c2nc(-c3ccccc3)nc(-c3cccc4c(-n5c6ccccc6c6c(-n7c8ccccc8c8cc9ccccc9cc87)c7ccccc7cc65)cccc34)n2)cc1. The minimum Gasteiger partial charge on any atom is -0.309 e. The summed E-state index contributed by atoms with van der Waals surface area (Å²) < 4.78 is 4.99. The van der Waals surface area contributed by atoms with Crippen LogP contribution in [0.25, 0.3) is 121 Å². The summed E-state index contributed by atoms with van der Waals surface area (Å²) in [5.74, 6) is 1.92. The second kappa shape index (κ2) is 13.6. The molecular formula is C57H35N5. The van der Waals surface area contributed by atoms with E-state index in [4.69, 9.17) is 15.0 Å². The fourth-order valence-electron chi connectivity index (χ4n) is 9.77. The number of hydrogen-bond acceptors (Lipinski definition) is 3. The molecule has 0 atom stereocenters. The molecular weight excluding hydrogens is 755 g/mol. The highest BCUT2D eigenvalue weighted by atomic mass is 15.0. The summed E-state index contributed by atoms with van der Waals surface area (Å²) in [6, 6.07) is 75.8. The molecule has 0 unspecified atom stereocenters. The average Bonchev–Trinajstić information content (AvgIpc) is 3.84. The fraction of sp³-hybridized carbons (Fsp3) is 0. The zero-order valence-electron chi connectivity index (χ0n) is 33.4. The smallest absolute Gasteiger partial charge is 0.164 e. The first-order valence-electron chi connectivity index (χ1n) is 21.0. The van der Waals surface area contributed by atoms with Gasteiger partial charge in [-0.15, -0.1) is 0 Å². The van der Waals surface area contributed by atoms with Gasteiger partial charge >= 0.3 is 0 Å². The maximum atomic E-state index is 5.15. The van der Waals surface area contributed by atoms with Gasteiger partial charge in [0.05, 0.1) is 33.4 Å². The Labute approximate surface area is 356 Å². The number of hydrogen-bond donors (Lipinski definition) is 0. The zero-order chi connectivity index (χ0) is 40.7. The summed E-state index contributed by atoms with van der Waals surface area (Å²) in [4.78, 5) is 15.3. The number of para-hydroxylation sites is 2. The third-order valence-electron chi connectivity index (χ3n) is 12.5. The van der Waals surface area contributed by atoms with Gasteiger partial charge in [0.25, 0.3) is 0 Å². The van der Waals surface area contributed by atoms with E-state index >= 15 is 0 Å². The predicted octanol–water partition coefficient (Wildman–Crippen LogP) is 14.5. The number of nitrogens with zero attached hydrogens (tertiary/aromatic N) is 5. The Kier molecular flexibility index (Phi) is 7.54. The Hall–Kier alpha value is -8.41. The summed E-state index contributed by atoms with van der Waals surface area (Å²) in [6.45, 7) is 0. The molecule has 288 valence electrons. The molecule has 0 aliphatic heterocycles. The van der Waals surface area contributed by atoms with Gasteiger partial charge in [-0.2, -0.15) is 0 Å². The molecule has 3 heterocycles. The van der Waals surface area contributed by atoms with Crippen molar-refractivity contribution in [1.29, 1.82) is 0 Å². The van der Waals surface area contributed by atoms with Crippen molar-refractivity contribution < 1.29 is 0 Å². The van der Waals surface area contributed by atoms with Gasteiger partial charge in [0, 0.05) is 49.0 Å². The Morgan fingerprint density at radius 2 is 0.806 bits per heavy atom. The molecule has 0 spiro atoms. The molecule has 13 aromatic rings. The topological polar surface area (TPSA) is 48.5 Å². The van der Waals surface area contributed by atoms with E-state index in [2.05, 4.69) is 185 Å². The quantitative estimate of drug-likeness (QED) is 0.174. The van der Waals surface area contributed by atoms with Gasteiger partial charge < -0.3 is 9.13 Å². The molecule has 0 N–H and O–H groups in total. The molecule has 0 radical (unpaired) electrons. The van der Waals surface area contributed by atoms with Crippen LogP contribution in [-0.4, -0.2) is 24.1 Å². The molecule has 0 bridgehead atoms. The van der Waals surface area contributed by atoms with Crippen molar-refractivity contribution in [3.8, 4) is 45.5 Å². The number of fused-ring (bicyclic) bond motifs is 9. The molecule has 5 nitrogen and oxygen atoms in total. The van der Waals surface area contributed by atoms with Crippen LogP contribution in [0.2, 0.25) is 0 Å². The normalized spacial score (nSPS) is 11.9. The van der Waals surface area contributed by atoms with Crippen LogP contribution in [-0.2, 0) is 0 Å². The van der Waals surface area contributed by atoms with Crippen LogP contribution in [0.3, 0.4) is 0 Å². The van der Waals surface area contributed by atoms with Gasteiger partial charge in [-0.3, -0.25) is 0 Å². The minimum absolute atomic E-state index is 0.634. The first kappa shape index (κ1) is 34.5. The Morgan fingerprint density at radius 1 is 0.290 bits per heavy atom. The highest BCUT2D eigenvalue weighted by molar-refractivity contribution is 6.23. The molecule has 10 aromatic carbocycles. The fourth-order valence-corrected chi connectivity index (χ4v) is 9.77. The highest BCUT2D eigenvalue weighted by Gasteiger charge is 2.24. The van der Waals surface area contributed by atoms with Crippen molar-refractivity contribution >= 4 is 75.9 Å². The standard InChI is InChI=1S/C57H35N5/c1-3-17-36(18-4-1)55-58-56(37-19-5-2-6-20-37)60-57(59-55)45-29-15-28-43-42(45)27-16-32-48(43)61-50-31-14-12-26-46(50)53-52(61)35-40-23-9-10-24-41(40)54(53)62-49-30-13-11-25-44(49)47-33-38-21-7-8-22-39(38)34-51(47)62/h1-35H. The molecule has 5 heteroatoms. The Balaban J connectivity index is 1.11. The van der Waals surface area contributed by atoms with Gasteiger partial charge in [0.15, 0.2) is 17.5 Å². The zero-order valence-corrected chi connectivity index (χ0v) is 33.4. The first-order chi connectivity index (χ1) is 30.8. The van der Waals surface area contributed by atoms with Crippen LogP contribution in [0.5, 0.6) is 0 Å². The van der Waals surface area contributed by atoms with E-state index in [1.807, 2.05) is 36.4 Å². The van der Waals surface area contributed by atoms with E-state index in [-0.39, 0.29) is 0 Å². The first-order valence-corrected chi connectivity index (χ1v) is 21.0. The third kappa shape index (κ3) is 5.18. The van der Waals surface area contributed by atoms with Crippen molar-refractivity contribution in [2.24, 2.45) is 0 Å². The van der Waals surface area contributed by atoms with Crippen molar-refractivity contribution in [3.05, 3.63) is 212 Å². The number of aromatic nitrogens is 5. The van der Waals surface area contributed by atoms with E-state index in [1.54, 1.807) is 0 Å². The largest absolute Gasteiger partial charge is 0.309 e. The molecule has 13 rings (SSSR count). The lowest BCUT2D eigenvalue weighted by Crippen LogP contribution is -2.01. The lowest BCUT2D eigenvalue weighted by molar-refractivity contribution is 1.08. The Bertz CT molecular complexity index is 3860. The van der Waals surface area contributed by atoms with Gasteiger partial charge in [-0.05, 0) is 57.9 Å². The second-order valence-electron chi connectivity index (χ2n) is 16.0. The molecule has 0 amide bonds. The van der Waals surface area contributed by atoms with Gasteiger partial charge in [0.1, 0.15) is 0 Å². The van der Waals surface area contributed by atoms with Crippen LogP contribution in [0.15, 0.2) is 212 Å². The highest BCUT2D eigenvalue weighted by Crippen LogP contribution is 2.45. The number of rotatable bonds is 5. The monoisotopic (exact) mass is 789 g/mol. The molecule has 0 saturated heterocycles. The lowest BCUT2D eigenvalue weighted by atomic mass is 10.0. The molecule has 0 saturated carbocycles. The summed E-state index contributed by atoms with van der Waals surface area (Å²) in [7, 11) is 0. The molecule has 0 aliphatic carbocycles. The van der Waals surface area contributed by atoms with Crippen LogP contribution >= 0.6 is 0 Å². The van der Waals surface area contributed by atoms with Gasteiger partial charge in [-0.25, -0.2) is 15.0 Å². The molecule has 3 aromatic heterocycles. The third-order valence-corrected chi connectivity index (χ3v) is 12.5. The van der Waals surface area contributed by atoms with Crippen LogP contribution in [0.1, 0.15) is 0 Å².